The smallest absolute Gasteiger partial charge is 0.255 e. The van der Waals surface area contributed by atoms with Gasteiger partial charge in [0, 0.05) is 44.2 Å². The number of carbonyl (C=O) groups is 3. The van der Waals surface area contributed by atoms with E-state index in [4.69, 9.17) is 5.11 Å². The molecule has 2 atom stereocenters. The van der Waals surface area contributed by atoms with Crippen LogP contribution < -0.4 is 10.6 Å². The van der Waals surface area contributed by atoms with Crippen molar-refractivity contribution in [3.63, 3.8) is 0 Å². The lowest BCUT2D eigenvalue weighted by Crippen LogP contribution is -2.52. The molecule has 29 heavy (non-hydrogen) atoms. The molecule has 0 radical (unpaired) electrons. The first-order chi connectivity index (χ1) is 14.1. The van der Waals surface area contributed by atoms with E-state index in [9.17, 15) is 14.4 Å². The van der Waals surface area contributed by atoms with Gasteiger partial charge in [-0.2, -0.15) is 0 Å². The van der Waals surface area contributed by atoms with E-state index in [1.807, 2.05) is 18.2 Å². The van der Waals surface area contributed by atoms with Crippen molar-refractivity contribution in [2.75, 3.05) is 26.2 Å². The third kappa shape index (κ3) is 4.19. The minimum atomic E-state index is -0.581. The average molecular weight is 400 g/mol. The first-order valence-electron chi connectivity index (χ1n) is 10.4. The van der Waals surface area contributed by atoms with E-state index in [1.165, 1.54) is 0 Å². The molecule has 3 heterocycles. The van der Waals surface area contributed by atoms with E-state index in [0.717, 1.165) is 37.1 Å². The van der Waals surface area contributed by atoms with Crippen molar-refractivity contribution in [1.29, 1.82) is 0 Å². The van der Waals surface area contributed by atoms with Crippen LogP contribution in [0.5, 0.6) is 0 Å². The van der Waals surface area contributed by atoms with Crippen molar-refractivity contribution in [3.05, 3.63) is 34.9 Å². The second kappa shape index (κ2) is 8.61. The van der Waals surface area contributed by atoms with Gasteiger partial charge in [-0.3, -0.25) is 24.6 Å². The summed E-state index contributed by atoms with van der Waals surface area (Å²) in [4.78, 5) is 40.8. The Bertz CT molecular complexity index is 812. The highest BCUT2D eigenvalue weighted by Gasteiger charge is 2.40. The number of likely N-dealkylation sites (tertiary alicyclic amines) is 1. The molecule has 8 nitrogen and oxygen atoms in total. The molecule has 2 unspecified atom stereocenters. The molecular formula is C21H28N4O4. The summed E-state index contributed by atoms with van der Waals surface area (Å²) in [6.07, 6.45) is 2.81. The van der Waals surface area contributed by atoms with Crippen molar-refractivity contribution in [2.24, 2.45) is 0 Å². The number of fused-ring (bicyclic) bond motifs is 1. The number of piperidine rings is 2. The third-order valence-corrected chi connectivity index (χ3v) is 6.08. The van der Waals surface area contributed by atoms with Gasteiger partial charge in [0.2, 0.25) is 11.8 Å². The summed E-state index contributed by atoms with van der Waals surface area (Å²) < 4.78 is 0. The molecule has 3 aliphatic rings. The number of aliphatic hydroxyl groups excluding tert-OH is 1. The van der Waals surface area contributed by atoms with Crippen LogP contribution in [-0.4, -0.2) is 71.0 Å². The minimum Gasteiger partial charge on any atom is -0.395 e. The summed E-state index contributed by atoms with van der Waals surface area (Å²) in [6, 6.07) is 5.69. The van der Waals surface area contributed by atoms with Crippen LogP contribution in [-0.2, 0) is 22.7 Å². The molecule has 0 bridgehead atoms. The molecule has 156 valence electrons. The van der Waals surface area contributed by atoms with E-state index in [0.29, 0.717) is 37.7 Å². The van der Waals surface area contributed by atoms with Gasteiger partial charge in [-0.05, 0) is 36.9 Å². The fraction of sp³-hybridized carbons (Fsp3) is 0.571. The van der Waals surface area contributed by atoms with Gasteiger partial charge in [-0.25, -0.2) is 0 Å². The predicted octanol–water partition coefficient (Wildman–Crippen LogP) is -0.00610. The van der Waals surface area contributed by atoms with Crippen molar-refractivity contribution in [3.8, 4) is 0 Å². The number of rotatable bonds is 6. The monoisotopic (exact) mass is 400 g/mol. The lowest BCUT2D eigenvalue weighted by Gasteiger charge is -2.33. The Morgan fingerprint density at radius 2 is 2.07 bits per heavy atom. The van der Waals surface area contributed by atoms with Gasteiger partial charge in [0.05, 0.1) is 6.61 Å². The van der Waals surface area contributed by atoms with Gasteiger partial charge in [0.25, 0.3) is 5.91 Å². The number of hydrogen-bond acceptors (Lipinski definition) is 6. The average Bonchev–Trinajstić information content (AvgIpc) is 3.04. The van der Waals surface area contributed by atoms with E-state index >= 15 is 0 Å². The lowest BCUT2D eigenvalue weighted by atomic mass is 10.00. The number of hydrogen-bond donors (Lipinski definition) is 3. The topological polar surface area (TPSA) is 102 Å². The second-order valence-electron chi connectivity index (χ2n) is 8.10. The van der Waals surface area contributed by atoms with Crippen LogP contribution in [0.25, 0.3) is 0 Å². The standard InChI is InChI=1S/C21H28N4O4/c26-10-8-22-16-5-2-9-24(13-16)11-14-3-1-4-15-12-25(21(29)19(14)15)17-6-7-18(27)23-20(17)28/h1,3-4,16-17,22,26H,2,5-13H2,(H,23,27,28). The number of nitrogens with one attached hydrogen (secondary N) is 2. The number of carbonyl (C=O) groups excluding carboxylic acids is 3. The van der Waals surface area contributed by atoms with E-state index in [-0.39, 0.29) is 30.7 Å². The molecule has 1 aromatic carbocycles. The quantitative estimate of drug-likeness (QED) is 0.581. The van der Waals surface area contributed by atoms with Gasteiger partial charge in [0.15, 0.2) is 0 Å². The summed E-state index contributed by atoms with van der Waals surface area (Å²) in [5.74, 6) is -0.764. The Morgan fingerprint density at radius 1 is 1.21 bits per heavy atom. The fourth-order valence-corrected chi connectivity index (χ4v) is 4.70. The molecule has 3 amide bonds. The van der Waals surface area contributed by atoms with Crippen LogP contribution in [0.3, 0.4) is 0 Å². The van der Waals surface area contributed by atoms with Crippen LogP contribution in [0.4, 0.5) is 0 Å². The normalized spacial score (nSPS) is 25.3. The summed E-state index contributed by atoms with van der Waals surface area (Å²) in [6.45, 7) is 3.69. The molecule has 0 aromatic heterocycles. The van der Waals surface area contributed by atoms with Crippen LogP contribution in [0.2, 0.25) is 0 Å². The molecule has 3 aliphatic heterocycles. The minimum absolute atomic E-state index is 0.114. The molecule has 3 N–H and O–H groups in total. The Labute approximate surface area is 170 Å². The maximum atomic E-state index is 13.2. The Morgan fingerprint density at radius 3 is 2.86 bits per heavy atom. The second-order valence-corrected chi connectivity index (χ2v) is 8.10. The van der Waals surface area contributed by atoms with Crippen LogP contribution >= 0.6 is 0 Å². The van der Waals surface area contributed by atoms with Crippen molar-refractivity contribution < 1.29 is 19.5 Å². The molecule has 2 fully saturated rings. The Balaban J connectivity index is 1.47. The number of imide groups is 1. The van der Waals surface area contributed by atoms with Crippen molar-refractivity contribution in [2.45, 2.75) is 50.9 Å². The van der Waals surface area contributed by atoms with Crippen LogP contribution in [0, 0.1) is 0 Å². The maximum absolute atomic E-state index is 13.2. The Kier molecular flexibility index (Phi) is 5.94. The molecule has 4 rings (SSSR count). The van der Waals surface area contributed by atoms with Gasteiger partial charge >= 0.3 is 0 Å². The number of nitrogens with zero attached hydrogens (tertiary/aromatic N) is 2. The summed E-state index contributed by atoms with van der Waals surface area (Å²) >= 11 is 0. The molecule has 8 heteroatoms. The zero-order valence-electron chi connectivity index (χ0n) is 16.5. The predicted molar refractivity (Wildman–Crippen MR) is 106 cm³/mol. The molecular weight excluding hydrogens is 372 g/mol. The highest BCUT2D eigenvalue weighted by molar-refractivity contribution is 6.05. The van der Waals surface area contributed by atoms with Gasteiger partial charge < -0.3 is 15.3 Å². The largest absolute Gasteiger partial charge is 0.395 e. The maximum Gasteiger partial charge on any atom is 0.255 e. The highest BCUT2D eigenvalue weighted by atomic mass is 16.3. The molecule has 0 aliphatic carbocycles. The first kappa shape index (κ1) is 20.0. The summed E-state index contributed by atoms with van der Waals surface area (Å²) in [7, 11) is 0. The zero-order chi connectivity index (χ0) is 20.4. The molecule has 2 saturated heterocycles. The van der Waals surface area contributed by atoms with Crippen molar-refractivity contribution in [1.82, 2.24) is 20.4 Å². The van der Waals surface area contributed by atoms with E-state index in [1.54, 1.807) is 4.90 Å². The fourth-order valence-electron chi connectivity index (χ4n) is 4.70. The van der Waals surface area contributed by atoms with E-state index < -0.39 is 6.04 Å². The number of benzene rings is 1. The molecule has 0 spiro atoms. The SMILES string of the molecule is O=C1CCC(N2Cc3cccc(CN4CCCC(NCCO)C4)c3C2=O)C(=O)N1. The third-order valence-electron chi connectivity index (χ3n) is 6.08. The lowest BCUT2D eigenvalue weighted by molar-refractivity contribution is -0.136. The summed E-state index contributed by atoms with van der Waals surface area (Å²) in [5.41, 5.74) is 2.65. The number of amides is 3. The highest BCUT2D eigenvalue weighted by Crippen LogP contribution is 2.30. The van der Waals surface area contributed by atoms with Crippen molar-refractivity contribution >= 4 is 17.7 Å². The van der Waals surface area contributed by atoms with E-state index in [2.05, 4.69) is 15.5 Å². The number of aliphatic hydroxyl groups is 1. The molecule has 1 aromatic rings. The first-order valence-corrected chi connectivity index (χ1v) is 10.4. The van der Waals surface area contributed by atoms with Crippen LogP contribution in [0.1, 0.15) is 47.2 Å². The molecule has 0 saturated carbocycles. The summed E-state index contributed by atoms with van der Waals surface area (Å²) in [5, 5.41) is 14.8. The van der Waals surface area contributed by atoms with Gasteiger partial charge in [-0.1, -0.05) is 18.2 Å². The van der Waals surface area contributed by atoms with Crippen LogP contribution in [0.15, 0.2) is 18.2 Å². The zero-order valence-corrected chi connectivity index (χ0v) is 16.5. The van der Waals surface area contributed by atoms with Gasteiger partial charge in [-0.15, -0.1) is 0 Å². The Hall–Kier alpha value is -2.29. The van der Waals surface area contributed by atoms with Gasteiger partial charge in [0.1, 0.15) is 6.04 Å².